The molecule has 2 aliphatic carbocycles. The lowest BCUT2D eigenvalue weighted by Gasteiger charge is -2.30. The molecule has 1 unspecified atom stereocenters. The van der Waals surface area contributed by atoms with E-state index in [-0.39, 0.29) is 11.8 Å². The molecule has 1 fully saturated rings. The molecular weight excluding hydrogens is 258 g/mol. The van der Waals surface area contributed by atoms with Crippen molar-refractivity contribution in [2.45, 2.75) is 43.4 Å². The average molecular weight is 278 g/mol. The van der Waals surface area contributed by atoms with Crippen LogP contribution in [0.15, 0.2) is 24.3 Å². The molecule has 2 aliphatic rings. The van der Waals surface area contributed by atoms with E-state index in [0.29, 0.717) is 11.3 Å². The van der Waals surface area contributed by atoms with Crippen molar-refractivity contribution in [3.05, 3.63) is 35.4 Å². The monoisotopic (exact) mass is 277 g/mol. The van der Waals surface area contributed by atoms with Gasteiger partial charge in [0.25, 0.3) is 0 Å². The minimum Gasteiger partial charge on any atom is -0.355 e. The van der Waals surface area contributed by atoms with Gasteiger partial charge in [-0.1, -0.05) is 24.3 Å². The van der Waals surface area contributed by atoms with Crippen molar-refractivity contribution in [1.29, 1.82) is 0 Å². The van der Waals surface area contributed by atoms with Gasteiger partial charge < -0.3 is 5.32 Å². The van der Waals surface area contributed by atoms with Gasteiger partial charge in [0, 0.05) is 11.9 Å². The summed E-state index contributed by atoms with van der Waals surface area (Å²) in [5, 5.41) is 3.48. The molecule has 1 saturated carbocycles. The molecule has 3 rings (SSSR count). The molecule has 0 heterocycles. The van der Waals surface area contributed by atoms with Crippen LogP contribution in [0.3, 0.4) is 0 Å². The molecule has 0 saturated heterocycles. The first-order valence-electron chi connectivity index (χ1n) is 7.23. The van der Waals surface area contributed by atoms with Crippen molar-refractivity contribution >= 4 is 17.5 Å². The number of carbonyl (C=O) groups excluding carboxylic acids is 1. The van der Waals surface area contributed by atoms with Gasteiger partial charge in [0.05, 0.1) is 5.92 Å². The van der Waals surface area contributed by atoms with E-state index >= 15 is 0 Å². The average Bonchev–Trinajstić information content (AvgIpc) is 2.39. The Labute approximate surface area is 119 Å². The van der Waals surface area contributed by atoms with E-state index in [1.165, 1.54) is 11.1 Å². The predicted molar refractivity (Wildman–Crippen MR) is 77.5 cm³/mol. The molecule has 0 spiro atoms. The fourth-order valence-electron chi connectivity index (χ4n) is 3.19. The fourth-order valence-corrected chi connectivity index (χ4v) is 3.44. The van der Waals surface area contributed by atoms with Crippen molar-refractivity contribution in [3.8, 4) is 0 Å². The van der Waals surface area contributed by atoms with Gasteiger partial charge in [0.2, 0.25) is 5.91 Å². The first-order valence-corrected chi connectivity index (χ1v) is 7.67. The van der Waals surface area contributed by atoms with Crippen LogP contribution in [0.25, 0.3) is 0 Å². The van der Waals surface area contributed by atoms with Crippen LogP contribution in [0.2, 0.25) is 0 Å². The van der Waals surface area contributed by atoms with Crippen LogP contribution in [0.5, 0.6) is 0 Å². The summed E-state index contributed by atoms with van der Waals surface area (Å²) in [5.74, 6) is 0.904. The molecule has 1 N–H and O–H groups in total. The molecule has 19 heavy (non-hydrogen) atoms. The number of amides is 1. The zero-order valence-electron chi connectivity index (χ0n) is 11.1. The maximum Gasteiger partial charge on any atom is 0.227 e. The summed E-state index contributed by atoms with van der Waals surface area (Å²) in [5.41, 5.74) is 2.54. The van der Waals surface area contributed by atoms with Gasteiger partial charge in [-0.25, -0.2) is 0 Å². The summed E-state index contributed by atoms with van der Waals surface area (Å²) in [7, 11) is 0. The minimum absolute atomic E-state index is 0.0839. The van der Waals surface area contributed by atoms with Crippen molar-refractivity contribution in [2.24, 2.45) is 5.92 Å². The van der Waals surface area contributed by atoms with Gasteiger partial charge >= 0.3 is 0 Å². The van der Waals surface area contributed by atoms with Crippen LogP contribution in [0, 0.1) is 5.92 Å². The normalized spacial score (nSPS) is 29.2. The predicted octanol–water partition coefficient (Wildman–Crippen LogP) is 3.24. The molecule has 0 radical (unpaired) electrons. The quantitative estimate of drug-likeness (QED) is 0.845. The molecule has 3 heteroatoms. The molecular formula is C16H20ClNO. The van der Waals surface area contributed by atoms with E-state index in [1.807, 2.05) is 12.1 Å². The summed E-state index contributed by atoms with van der Waals surface area (Å²) in [4.78, 5) is 12.2. The van der Waals surface area contributed by atoms with Gasteiger partial charge in [-0.3, -0.25) is 4.79 Å². The van der Waals surface area contributed by atoms with Gasteiger partial charge in [-0.15, -0.1) is 11.6 Å². The van der Waals surface area contributed by atoms with Gasteiger partial charge in [0.1, 0.15) is 0 Å². The minimum atomic E-state index is 0.0839. The smallest absolute Gasteiger partial charge is 0.227 e. The highest BCUT2D eigenvalue weighted by atomic mass is 35.5. The van der Waals surface area contributed by atoms with Crippen LogP contribution < -0.4 is 5.32 Å². The van der Waals surface area contributed by atoms with E-state index in [2.05, 4.69) is 17.4 Å². The number of hydrogen-bond acceptors (Lipinski definition) is 1. The molecule has 2 nitrogen and oxygen atoms in total. The number of halogens is 1. The second-order valence-corrected chi connectivity index (χ2v) is 6.44. The summed E-state index contributed by atoms with van der Waals surface area (Å²) >= 11 is 6.10. The zero-order valence-corrected chi connectivity index (χ0v) is 11.8. The third-order valence-electron chi connectivity index (χ3n) is 4.51. The second-order valence-electron chi connectivity index (χ2n) is 5.82. The zero-order chi connectivity index (χ0) is 13.2. The highest BCUT2D eigenvalue weighted by molar-refractivity contribution is 6.20. The first-order chi connectivity index (χ1) is 9.24. The van der Waals surface area contributed by atoms with Crippen LogP contribution in [0.1, 0.15) is 42.7 Å². The Hall–Kier alpha value is -1.02. The van der Waals surface area contributed by atoms with E-state index in [0.717, 1.165) is 38.6 Å². The summed E-state index contributed by atoms with van der Waals surface area (Å²) < 4.78 is 0. The Bertz CT molecular complexity index is 466. The highest BCUT2D eigenvalue weighted by Gasteiger charge is 2.31. The molecule has 1 aromatic rings. The largest absolute Gasteiger partial charge is 0.355 e. The Morgan fingerprint density at radius 3 is 2.68 bits per heavy atom. The lowest BCUT2D eigenvalue weighted by Crippen LogP contribution is -2.38. The van der Waals surface area contributed by atoms with Crippen LogP contribution in [-0.4, -0.2) is 17.8 Å². The molecule has 1 atom stereocenters. The fraction of sp³-hybridized carbons (Fsp3) is 0.562. The second kappa shape index (κ2) is 5.54. The van der Waals surface area contributed by atoms with Crippen molar-refractivity contribution in [2.75, 3.05) is 6.54 Å². The maximum absolute atomic E-state index is 12.2. The number of hydrogen-bond donors (Lipinski definition) is 1. The number of benzene rings is 1. The summed E-state index contributed by atoms with van der Waals surface area (Å²) in [6.45, 7) is 0.821. The standard InChI is InChI=1S/C16H20ClNO/c17-13-7-5-11(6-8-13)10-18-16(19)15-9-12-3-1-2-4-14(12)15/h1-4,11,13,15H,5-10H2,(H,18,19). The van der Waals surface area contributed by atoms with Crippen molar-refractivity contribution in [3.63, 3.8) is 0 Å². The Balaban J connectivity index is 1.48. The topological polar surface area (TPSA) is 29.1 Å². The molecule has 0 aromatic heterocycles. The third kappa shape index (κ3) is 2.79. The molecule has 1 aromatic carbocycles. The van der Waals surface area contributed by atoms with Crippen molar-refractivity contribution < 1.29 is 4.79 Å². The van der Waals surface area contributed by atoms with Gasteiger partial charge in [0.15, 0.2) is 0 Å². The number of nitrogens with one attached hydrogen (secondary N) is 1. The Morgan fingerprint density at radius 1 is 1.21 bits per heavy atom. The number of carbonyl (C=O) groups is 1. The lowest BCUT2D eigenvalue weighted by molar-refractivity contribution is -0.123. The number of fused-ring (bicyclic) bond motifs is 1. The molecule has 102 valence electrons. The maximum atomic E-state index is 12.2. The summed E-state index contributed by atoms with van der Waals surface area (Å²) in [6.07, 6.45) is 5.38. The van der Waals surface area contributed by atoms with Crippen molar-refractivity contribution in [1.82, 2.24) is 5.32 Å². The first kappa shape index (κ1) is 13.0. The number of alkyl halides is 1. The van der Waals surface area contributed by atoms with Crippen LogP contribution in [0.4, 0.5) is 0 Å². The molecule has 0 bridgehead atoms. The SMILES string of the molecule is O=C(NCC1CCC(Cl)CC1)C1Cc2ccccc21. The van der Waals surface area contributed by atoms with Crippen LogP contribution >= 0.6 is 11.6 Å². The molecule has 1 amide bonds. The van der Waals surface area contributed by atoms with E-state index in [4.69, 9.17) is 11.6 Å². The Kier molecular flexibility index (Phi) is 3.79. The third-order valence-corrected chi connectivity index (χ3v) is 4.95. The number of rotatable bonds is 3. The van der Waals surface area contributed by atoms with E-state index < -0.39 is 0 Å². The Morgan fingerprint density at radius 2 is 1.95 bits per heavy atom. The van der Waals surface area contributed by atoms with Gasteiger partial charge in [-0.2, -0.15) is 0 Å². The molecule has 0 aliphatic heterocycles. The highest BCUT2D eigenvalue weighted by Crippen LogP contribution is 2.35. The van der Waals surface area contributed by atoms with E-state index in [9.17, 15) is 4.79 Å². The lowest BCUT2D eigenvalue weighted by atomic mass is 9.77. The van der Waals surface area contributed by atoms with E-state index in [1.54, 1.807) is 0 Å². The summed E-state index contributed by atoms with van der Waals surface area (Å²) in [6, 6.07) is 8.24. The van der Waals surface area contributed by atoms with Gasteiger partial charge in [-0.05, 0) is 49.1 Å². The van der Waals surface area contributed by atoms with Crippen LogP contribution in [-0.2, 0) is 11.2 Å².